The fraction of sp³-hybridized carbons (Fsp3) is 0.444. The lowest BCUT2D eigenvalue weighted by molar-refractivity contribution is 0.584. The second kappa shape index (κ2) is 6.44. The number of piperazine rings is 1. The first-order chi connectivity index (χ1) is 10.6. The molecule has 0 amide bonds. The molecule has 22 heavy (non-hydrogen) atoms. The predicted octanol–water partition coefficient (Wildman–Crippen LogP) is 2.99. The van der Waals surface area contributed by atoms with E-state index in [2.05, 4.69) is 60.2 Å². The molecule has 1 aromatic heterocycles. The Bertz CT molecular complexity index is 628. The summed E-state index contributed by atoms with van der Waals surface area (Å²) in [5, 5.41) is 3.39. The van der Waals surface area contributed by atoms with Crippen LogP contribution >= 0.6 is 0 Å². The van der Waals surface area contributed by atoms with E-state index in [-0.39, 0.29) is 0 Å². The minimum absolute atomic E-state index is 0.386. The molecule has 1 aliphatic heterocycles. The number of nitrogens with one attached hydrogen (secondary N) is 1. The van der Waals surface area contributed by atoms with Crippen LogP contribution in [0.25, 0.3) is 11.4 Å². The molecular weight excluding hydrogens is 272 g/mol. The Kier molecular flexibility index (Phi) is 4.39. The third-order valence-electron chi connectivity index (χ3n) is 4.11. The topological polar surface area (TPSA) is 41.1 Å². The number of nitrogens with zero attached hydrogens (tertiary/aromatic N) is 3. The fourth-order valence-electron chi connectivity index (χ4n) is 2.80. The minimum atomic E-state index is 0.386. The average Bonchev–Trinajstić information content (AvgIpc) is 2.56. The number of hydrogen-bond donors (Lipinski definition) is 1. The van der Waals surface area contributed by atoms with Crippen molar-refractivity contribution in [1.29, 1.82) is 0 Å². The zero-order chi connectivity index (χ0) is 15.5. The summed E-state index contributed by atoms with van der Waals surface area (Å²) >= 11 is 0. The second-order valence-electron chi connectivity index (χ2n) is 6.22. The zero-order valence-corrected chi connectivity index (χ0v) is 13.6. The van der Waals surface area contributed by atoms with E-state index in [9.17, 15) is 0 Å². The Morgan fingerprint density at radius 3 is 2.41 bits per heavy atom. The Morgan fingerprint density at radius 1 is 1.09 bits per heavy atom. The van der Waals surface area contributed by atoms with Crippen LogP contribution in [-0.4, -0.2) is 36.1 Å². The van der Waals surface area contributed by atoms with Crippen molar-refractivity contribution in [2.45, 2.75) is 26.7 Å². The molecule has 0 aliphatic carbocycles. The van der Waals surface area contributed by atoms with Crippen molar-refractivity contribution in [2.24, 2.45) is 0 Å². The molecule has 1 N–H and O–H groups in total. The maximum Gasteiger partial charge on any atom is 0.159 e. The first-order valence-electron chi connectivity index (χ1n) is 8.05. The van der Waals surface area contributed by atoms with Crippen molar-refractivity contribution in [3.05, 3.63) is 41.7 Å². The lowest BCUT2D eigenvalue weighted by Crippen LogP contribution is -2.44. The lowest BCUT2D eigenvalue weighted by Gasteiger charge is -2.31. The van der Waals surface area contributed by atoms with Gasteiger partial charge in [-0.3, -0.25) is 0 Å². The van der Waals surface area contributed by atoms with Crippen LogP contribution in [0.3, 0.4) is 0 Å². The molecule has 3 rings (SSSR count). The van der Waals surface area contributed by atoms with Crippen molar-refractivity contribution in [1.82, 2.24) is 15.3 Å². The molecule has 2 heterocycles. The van der Waals surface area contributed by atoms with Gasteiger partial charge in [-0.15, -0.1) is 0 Å². The van der Waals surface area contributed by atoms with Gasteiger partial charge >= 0.3 is 0 Å². The average molecular weight is 296 g/mol. The summed E-state index contributed by atoms with van der Waals surface area (Å²) in [5.41, 5.74) is 4.67. The maximum absolute atomic E-state index is 4.87. The van der Waals surface area contributed by atoms with E-state index >= 15 is 0 Å². The van der Waals surface area contributed by atoms with E-state index in [0.29, 0.717) is 5.92 Å². The Morgan fingerprint density at radius 2 is 1.77 bits per heavy atom. The molecule has 0 spiro atoms. The molecule has 1 aromatic carbocycles. The zero-order valence-electron chi connectivity index (χ0n) is 13.6. The van der Waals surface area contributed by atoms with Crippen molar-refractivity contribution >= 4 is 5.69 Å². The normalized spacial score (nSPS) is 15.4. The molecule has 0 bridgehead atoms. The van der Waals surface area contributed by atoms with Crippen LogP contribution < -0.4 is 10.2 Å². The van der Waals surface area contributed by atoms with Crippen LogP contribution in [0.4, 0.5) is 5.69 Å². The van der Waals surface area contributed by atoms with E-state index < -0.39 is 0 Å². The van der Waals surface area contributed by atoms with Crippen LogP contribution in [0.15, 0.2) is 30.5 Å². The van der Waals surface area contributed by atoms with E-state index in [1.54, 1.807) is 0 Å². The third-order valence-corrected chi connectivity index (χ3v) is 4.11. The van der Waals surface area contributed by atoms with Crippen LogP contribution in [-0.2, 0) is 0 Å². The fourth-order valence-corrected chi connectivity index (χ4v) is 2.80. The highest BCUT2D eigenvalue weighted by molar-refractivity contribution is 5.60. The van der Waals surface area contributed by atoms with Crippen LogP contribution in [0.5, 0.6) is 0 Å². The van der Waals surface area contributed by atoms with Gasteiger partial charge in [-0.25, -0.2) is 9.97 Å². The Labute approximate surface area is 132 Å². The number of rotatable bonds is 3. The van der Waals surface area contributed by atoms with Gasteiger partial charge in [0.05, 0.1) is 17.6 Å². The lowest BCUT2D eigenvalue weighted by atomic mass is 10.1. The molecule has 0 radical (unpaired) electrons. The molecule has 0 saturated carbocycles. The van der Waals surface area contributed by atoms with E-state index in [0.717, 1.165) is 43.3 Å². The molecule has 1 saturated heterocycles. The van der Waals surface area contributed by atoms with Gasteiger partial charge in [0.2, 0.25) is 0 Å². The van der Waals surface area contributed by atoms with Gasteiger partial charge in [-0.1, -0.05) is 43.7 Å². The van der Waals surface area contributed by atoms with Gasteiger partial charge in [-0.2, -0.15) is 0 Å². The van der Waals surface area contributed by atoms with Crippen molar-refractivity contribution in [2.75, 3.05) is 31.1 Å². The summed E-state index contributed by atoms with van der Waals surface area (Å²) in [4.78, 5) is 11.9. The van der Waals surface area contributed by atoms with Gasteiger partial charge in [0.25, 0.3) is 0 Å². The van der Waals surface area contributed by atoms with E-state index in [1.807, 2.05) is 6.20 Å². The highest BCUT2D eigenvalue weighted by Gasteiger charge is 2.18. The number of aromatic nitrogens is 2. The van der Waals surface area contributed by atoms with Crippen LogP contribution in [0.2, 0.25) is 0 Å². The molecule has 1 aliphatic rings. The largest absolute Gasteiger partial charge is 0.366 e. The van der Waals surface area contributed by atoms with Crippen LogP contribution in [0, 0.1) is 6.92 Å². The summed E-state index contributed by atoms with van der Waals surface area (Å²) < 4.78 is 0. The van der Waals surface area contributed by atoms with Crippen molar-refractivity contribution in [3.63, 3.8) is 0 Å². The molecule has 4 nitrogen and oxygen atoms in total. The number of aryl methyl sites for hydroxylation is 1. The molecule has 1 fully saturated rings. The van der Waals surface area contributed by atoms with Crippen molar-refractivity contribution in [3.8, 4) is 11.4 Å². The number of benzene rings is 1. The number of anilines is 1. The Balaban J connectivity index is 1.97. The molecular formula is C18H24N4. The SMILES string of the molecule is Cc1ccc(-c2ncc(N3CCNCC3)c(C(C)C)n2)cc1. The smallest absolute Gasteiger partial charge is 0.159 e. The summed E-state index contributed by atoms with van der Waals surface area (Å²) in [7, 11) is 0. The molecule has 0 unspecified atom stereocenters. The van der Waals surface area contributed by atoms with Crippen LogP contribution in [0.1, 0.15) is 31.0 Å². The summed E-state index contributed by atoms with van der Waals surface area (Å²) in [6.45, 7) is 10.6. The first kappa shape index (κ1) is 15.0. The Hall–Kier alpha value is -1.94. The quantitative estimate of drug-likeness (QED) is 0.945. The van der Waals surface area contributed by atoms with Gasteiger partial charge < -0.3 is 10.2 Å². The molecule has 2 aromatic rings. The van der Waals surface area contributed by atoms with E-state index in [4.69, 9.17) is 4.98 Å². The monoisotopic (exact) mass is 296 g/mol. The standard InChI is InChI=1S/C18H24N4/c1-13(2)17-16(22-10-8-19-9-11-22)12-20-18(21-17)15-6-4-14(3)5-7-15/h4-7,12-13,19H,8-11H2,1-3H3. The summed E-state index contributed by atoms with van der Waals surface area (Å²) in [6, 6.07) is 8.41. The van der Waals surface area contributed by atoms with Gasteiger partial charge in [0.15, 0.2) is 5.82 Å². The maximum atomic E-state index is 4.87. The predicted molar refractivity (Wildman–Crippen MR) is 91.4 cm³/mol. The molecule has 4 heteroatoms. The molecule has 0 atom stereocenters. The minimum Gasteiger partial charge on any atom is -0.366 e. The van der Waals surface area contributed by atoms with Crippen molar-refractivity contribution < 1.29 is 0 Å². The number of hydrogen-bond acceptors (Lipinski definition) is 4. The van der Waals surface area contributed by atoms with Gasteiger partial charge in [-0.05, 0) is 12.8 Å². The van der Waals surface area contributed by atoms with E-state index in [1.165, 1.54) is 11.3 Å². The second-order valence-corrected chi connectivity index (χ2v) is 6.22. The highest BCUT2D eigenvalue weighted by atomic mass is 15.2. The third kappa shape index (κ3) is 3.12. The first-order valence-corrected chi connectivity index (χ1v) is 8.05. The summed E-state index contributed by atoms with van der Waals surface area (Å²) in [6.07, 6.45) is 2.00. The molecule has 116 valence electrons. The van der Waals surface area contributed by atoms with Gasteiger partial charge in [0.1, 0.15) is 0 Å². The highest BCUT2D eigenvalue weighted by Crippen LogP contribution is 2.28. The van der Waals surface area contributed by atoms with Gasteiger partial charge in [0, 0.05) is 31.7 Å². The summed E-state index contributed by atoms with van der Waals surface area (Å²) in [5.74, 6) is 1.21.